The molecule has 168 valence electrons. The van der Waals surface area contributed by atoms with Crippen LogP contribution in [0.1, 0.15) is 58.8 Å². The molecule has 2 atom stereocenters. The number of aliphatic hydroxyl groups excluding tert-OH is 1. The second-order valence-electron chi connectivity index (χ2n) is 8.96. The van der Waals surface area contributed by atoms with Crippen molar-refractivity contribution in [2.75, 3.05) is 7.11 Å². The third-order valence-electron chi connectivity index (χ3n) is 7.27. The number of nitrogens with one attached hydrogen (secondary N) is 2. The molecule has 1 aromatic heterocycles. The lowest BCUT2D eigenvalue weighted by atomic mass is 9.73. The van der Waals surface area contributed by atoms with E-state index in [1.807, 2.05) is 24.4 Å². The highest BCUT2D eigenvalue weighted by Crippen LogP contribution is 2.45. The number of methoxy groups -OCH3 is 1. The van der Waals surface area contributed by atoms with Crippen LogP contribution in [0, 0.1) is 12.8 Å². The maximum Gasteiger partial charge on any atom is 0.264 e. The largest absolute Gasteiger partial charge is 0.497 e. The van der Waals surface area contributed by atoms with Crippen LogP contribution in [0.5, 0.6) is 5.75 Å². The van der Waals surface area contributed by atoms with Crippen molar-refractivity contribution in [3.05, 3.63) is 58.9 Å². The molecule has 1 aliphatic carbocycles. The number of hydrogen-bond acceptors (Lipinski definition) is 6. The number of carbonyl (C=O) groups excluding carboxylic acids is 2. The van der Waals surface area contributed by atoms with Crippen LogP contribution in [0.15, 0.2) is 36.5 Å². The van der Waals surface area contributed by atoms with Crippen LogP contribution >= 0.6 is 0 Å². The van der Waals surface area contributed by atoms with E-state index in [1.165, 1.54) is 5.56 Å². The summed E-state index contributed by atoms with van der Waals surface area (Å²) in [5, 5.41) is 15.9. The molecule has 1 unspecified atom stereocenters. The molecule has 8 heteroatoms. The predicted octanol–water partition coefficient (Wildman–Crippen LogP) is 2.02. The number of hydrogen-bond donors (Lipinski definition) is 3. The van der Waals surface area contributed by atoms with Gasteiger partial charge in [0.15, 0.2) is 12.0 Å². The van der Waals surface area contributed by atoms with Gasteiger partial charge in [-0.05, 0) is 61.9 Å². The fourth-order valence-corrected chi connectivity index (χ4v) is 5.67. The summed E-state index contributed by atoms with van der Waals surface area (Å²) in [5.41, 5.74) is 2.39. The third kappa shape index (κ3) is 3.17. The number of amides is 2. The van der Waals surface area contributed by atoms with Crippen molar-refractivity contribution < 1.29 is 19.4 Å². The molecule has 3 heterocycles. The van der Waals surface area contributed by atoms with Crippen molar-refractivity contribution in [1.29, 1.82) is 0 Å². The lowest BCUT2D eigenvalue weighted by molar-refractivity contribution is -0.134. The topological polar surface area (TPSA) is 104 Å². The van der Waals surface area contributed by atoms with Gasteiger partial charge >= 0.3 is 0 Å². The Labute approximate surface area is 187 Å². The molecule has 32 heavy (non-hydrogen) atoms. The molecule has 1 saturated carbocycles. The van der Waals surface area contributed by atoms with Crippen LogP contribution in [0.25, 0.3) is 0 Å². The van der Waals surface area contributed by atoms with Gasteiger partial charge in [0.05, 0.1) is 7.11 Å². The van der Waals surface area contributed by atoms with E-state index in [0.717, 1.165) is 36.9 Å². The highest BCUT2D eigenvalue weighted by atomic mass is 16.5. The Kier molecular flexibility index (Phi) is 5.14. The maximum atomic E-state index is 13.4. The summed E-state index contributed by atoms with van der Waals surface area (Å²) in [7, 11) is 1.56. The van der Waals surface area contributed by atoms with Gasteiger partial charge in [0.25, 0.3) is 11.8 Å². The minimum absolute atomic E-state index is 0.125. The van der Waals surface area contributed by atoms with Gasteiger partial charge < -0.3 is 20.1 Å². The molecule has 2 amide bonds. The first-order valence-corrected chi connectivity index (χ1v) is 11.1. The van der Waals surface area contributed by atoms with Gasteiger partial charge in [-0.15, -0.1) is 0 Å². The second kappa shape index (κ2) is 7.86. The molecule has 0 radical (unpaired) electrons. The van der Waals surface area contributed by atoms with Crippen LogP contribution in [0.3, 0.4) is 0 Å². The molecule has 2 fully saturated rings. The van der Waals surface area contributed by atoms with Crippen LogP contribution in [0.4, 0.5) is 0 Å². The minimum atomic E-state index is -1.28. The van der Waals surface area contributed by atoms with Crippen molar-refractivity contribution in [3.8, 4) is 5.75 Å². The summed E-state index contributed by atoms with van der Waals surface area (Å²) in [6, 6.07) is 9.42. The number of carbonyl (C=O) groups is 2. The van der Waals surface area contributed by atoms with E-state index in [0.29, 0.717) is 23.8 Å². The van der Waals surface area contributed by atoms with Crippen molar-refractivity contribution in [2.24, 2.45) is 5.92 Å². The Hall–Kier alpha value is -2.97. The number of nitrogens with zero attached hydrogens (tertiary/aromatic N) is 2. The van der Waals surface area contributed by atoms with Gasteiger partial charge in [-0.2, -0.15) is 0 Å². The first-order chi connectivity index (χ1) is 15.4. The minimum Gasteiger partial charge on any atom is -0.497 e. The molecule has 1 aromatic carbocycles. The number of aryl methyl sites for hydroxylation is 1. The number of aliphatic hydroxyl groups is 1. The van der Waals surface area contributed by atoms with Gasteiger partial charge in [-0.1, -0.05) is 12.1 Å². The third-order valence-corrected chi connectivity index (χ3v) is 7.27. The molecule has 0 spiro atoms. The number of fused-ring (bicyclic) bond motifs is 1. The molecule has 8 nitrogen and oxygen atoms in total. The van der Waals surface area contributed by atoms with Gasteiger partial charge in [-0.3, -0.25) is 14.6 Å². The number of rotatable bonds is 4. The average molecular weight is 437 g/mol. The van der Waals surface area contributed by atoms with E-state index >= 15 is 0 Å². The monoisotopic (exact) mass is 436 g/mol. The maximum absolute atomic E-state index is 13.4. The number of ether oxygens (including phenoxy) is 1. The SMILES string of the molecule is COc1ccc2c(c1)C(=O)N([C@@]1(C3CCC(c4ncccc4C)CC3)NC(O)NC1=O)C2. The van der Waals surface area contributed by atoms with Gasteiger partial charge in [0, 0.05) is 35.8 Å². The summed E-state index contributed by atoms with van der Waals surface area (Å²) < 4.78 is 5.28. The van der Waals surface area contributed by atoms with Gasteiger partial charge in [0.1, 0.15) is 5.75 Å². The molecule has 0 bridgehead atoms. The lowest BCUT2D eigenvalue weighted by Gasteiger charge is -2.45. The van der Waals surface area contributed by atoms with Crippen LogP contribution in [-0.2, 0) is 11.3 Å². The number of benzene rings is 1. The van der Waals surface area contributed by atoms with Crippen LogP contribution in [-0.4, -0.2) is 45.9 Å². The fourth-order valence-electron chi connectivity index (χ4n) is 5.67. The zero-order valence-corrected chi connectivity index (χ0v) is 18.3. The summed E-state index contributed by atoms with van der Waals surface area (Å²) >= 11 is 0. The molecular formula is C24H28N4O4. The van der Waals surface area contributed by atoms with Gasteiger partial charge in [0.2, 0.25) is 0 Å². The Bertz CT molecular complexity index is 1070. The van der Waals surface area contributed by atoms with E-state index in [-0.39, 0.29) is 17.7 Å². The highest BCUT2D eigenvalue weighted by molar-refractivity contribution is 6.03. The summed E-state index contributed by atoms with van der Waals surface area (Å²) in [6.07, 6.45) is 3.88. The summed E-state index contributed by atoms with van der Waals surface area (Å²) in [5.74, 6) is 0.228. The Morgan fingerprint density at radius 1 is 1.19 bits per heavy atom. The second-order valence-corrected chi connectivity index (χ2v) is 8.96. The van der Waals surface area contributed by atoms with E-state index in [9.17, 15) is 14.7 Å². The first-order valence-electron chi connectivity index (χ1n) is 11.1. The fraction of sp³-hybridized carbons (Fsp3) is 0.458. The van der Waals surface area contributed by atoms with Crippen molar-refractivity contribution in [3.63, 3.8) is 0 Å². The number of aromatic nitrogens is 1. The number of pyridine rings is 1. The highest BCUT2D eigenvalue weighted by Gasteiger charge is 2.59. The molecule has 3 aliphatic rings. The van der Waals surface area contributed by atoms with Crippen molar-refractivity contribution in [1.82, 2.24) is 20.5 Å². The Morgan fingerprint density at radius 2 is 1.97 bits per heavy atom. The molecule has 3 N–H and O–H groups in total. The van der Waals surface area contributed by atoms with Crippen molar-refractivity contribution >= 4 is 11.8 Å². The molecule has 5 rings (SSSR count). The van der Waals surface area contributed by atoms with Crippen molar-refractivity contribution in [2.45, 2.75) is 57.1 Å². The standard InChI is InChI=1S/C24H28N4O4/c1-14-4-3-11-25-20(14)15-5-8-17(9-6-15)24(22(30)26-23(31)27-24)28-13-16-7-10-18(32-2)12-19(16)21(28)29/h3-4,7,10-12,15,17,23,27,31H,5-6,8-9,13H2,1-2H3,(H,26,30)/t15?,17?,23?,24-/m1/s1. The molecular weight excluding hydrogens is 408 g/mol. The van der Waals surface area contributed by atoms with Crippen LogP contribution < -0.4 is 15.4 Å². The Balaban J connectivity index is 1.44. The average Bonchev–Trinajstić information content (AvgIpc) is 3.30. The van der Waals surface area contributed by atoms with E-state index in [4.69, 9.17) is 4.74 Å². The van der Waals surface area contributed by atoms with E-state index < -0.39 is 12.0 Å². The van der Waals surface area contributed by atoms with E-state index in [2.05, 4.69) is 28.6 Å². The molecule has 1 saturated heterocycles. The van der Waals surface area contributed by atoms with Crippen LogP contribution in [0.2, 0.25) is 0 Å². The zero-order chi connectivity index (χ0) is 22.5. The molecule has 2 aromatic rings. The first kappa shape index (κ1) is 20.9. The Morgan fingerprint density at radius 3 is 2.62 bits per heavy atom. The quantitative estimate of drug-likeness (QED) is 0.678. The summed E-state index contributed by atoms with van der Waals surface area (Å²) in [6.45, 7) is 2.39. The summed E-state index contributed by atoms with van der Waals surface area (Å²) in [4.78, 5) is 32.9. The lowest BCUT2D eigenvalue weighted by Crippen LogP contribution is -2.66. The normalized spacial score (nSPS) is 29.7. The smallest absolute Gasteiger partial charge is 0.264 e. The van der Waals surface area contributed by atoms with E-state index in [1.54, 1.807) is 18.1 Å². The molecule has 2 aliphatic heterocycles. The van der Waals surface area contributed by atoms with Gasteiger partial charge in [-0.25, -0.2) is 5.32 Å². The zero-order valence-electron chi connectivity index (χ0n) is 18.3. The predicted molar refractivity (Wildman–Crippen MR) is 117 cm³/mol.